The van der Waals surface area contributed by atoms with E-state index in [2.05, 4.69) is 47.9 Å². The molecule has 5 nitrogen and oxygen atoms in total. The second-order valence-electron chi connectivity index (χ2n) is 4.55. The number of benzene rings is 1. The van der Waals surface area contributed by atoms with E-state index >= 15 is 0 Å². The third-order valence-electron chi connectivity index (χ3n) is 3.48. The molecule has 1 aromatic carbocycles. The molecule has 0 fully saturated rings. The molecule has 0 unspecified atom stereocenters. The molecule has 0 amide bonds. The molecule has 0 spiro atoms. The van der Waals surface area contributed by atoms with Crippen LogP contribution in [-0.4, -0.2) is 24.5 Å². The van der Waals surface area contributed by atoms with Crippen LogP contribution in [0.3, 0.4) is 0 Å². The summed E-state index contributed by atoms with van der Waals surface area (Å²) in [6, 6.07) is 8.15. The molecule has 0 saturated heterocycles. The number of rotatable bonds is 0. The number of aromatic nitrogens is 5. The molecule has 3 aromatic rings. The van der Waals surface area contributed by atoms with Gasteiger partial charge in [-0.25, -0.2) is 9.67 Å². The van der Waals surface area contributed by atoms with E-state index < -0.39 is 0 Å². The van der Waals surface area contributed by atoms with E-state index in [0.29, 0.717) is 0 Å². The van der Waals surface area contributed by atoms with E-state index in [4.69, 9.17) is 0 Å². The summed E-state index contributed by atoms with van der Waals surface area (Å²) in [5, 5.41) is 8.46. The second kappa shape index (κ2) is 3.77. The lowest BCUT2D eigenvalue weighted by atomic mass is 10.2. The van der Waals surface area contributed by atoms with Gasteiger partial charge in [0.2, 0.25) is 0 Å². The Bertz CT molecular complexity index is 721. The average molecular weight is 316 g/mol. The fourth-order valence-corrected chi connectivity index (χ4v) is 2.92. The lowest BCUT2D eigenvalue weighted by Gasteiger charge is -2.08. The number of hydrogen-bond acceptors (Lipinski definition) is 3. The molecule has 6 heteroatoms. The highest BCUT2D eigenvalue weighted by Crippen LogP contribution is 2.30. The predicted molar refractivity (Wildman–Crippen MR) is 73.7 cm³/mol. The zero-order valence-corrected chi connectivity index (χ0v) is 11.8. The normalized spacial score (nSPS) is 12.5. The van der Waals surface area contributed by atoms with E-state index in [1.165, 1.54) is 0 Å². The van der Waals surface area contributed by atoms with Crippen LogP contribution in [-0.2, 0) is 6.42 Å². The third kappa shape index (κ3) is 1.43. The Morgan fingerprint density at radius 2 is 1.95 bits per heavy atom. The predicted octanol–water partition coefficient (Wildman–Crippen LogP) is 2.43. The molecule has 1 aliphatic rings. The van der Waals surface area contributed by atoms with E-state index in [1.807, 2.05) is 30.1 Å². The van der Waals surface area contributed by atoms with Crippen molar-refractivity contribution in [2.75, 3.05) is 0 Å². The van der Waals surface area contributed by atoms with Crippen LogP contribution in [0.1, 0.15) is 17.1 Å². The van der Waals surface area contributed by atoms with Crippen LogP contribution in [0.25, 0.3) is 11.4 Å². The van der Waals surface area contributed by atoms with Crippen molar-refractivity contribution in [3.05, 3.63) is 52.3 Å². The molecule has 4 rings (SSSR count). The first kappa shape index (κ1) is 10.9. The molecule has 0 atom stereocenters. The van der Waals surface area contributed by atoms with E-state index in [9.17, 15) is 0 Å². The summed E-state index contributed by atoms with van der Waals surface area (Å²) in [7, 11) is 0. The molecular formula is C13H10BrN5. The molecular weight excluding hydrogens is 306 g/mol. The van der Waals surface area contributed by atoms with Gasteiger partial charge in [0.1, 0.15) is 10.9 Å². The van der Waals surface area contributed by atoms with Gasteiger partial charge in [0.25, 0.3) is 0 Å². The highest BCUT2D eigenvalue weighted by Gasteiger charge is 2.23. The number of aryl methyl sites for hydroxylation is 1. The summed E-state index contributed by atoms with van der Waals surface area (Å²) in [6.45, 7) is 1.99. The Morgan fingerprint density at radius 1 is 1.16 bits per heavy atom. The SMILES string of the molecule is Cc1nnn2c1Cc1c(Br)ncn1-c1ccccc1-2. The maximum atomic E-state index is 4.36. The molecule has 94 valence electrons. The Kier molecular flexibility index (Phi) is 2.17. The Hall–Kier alpha value is -1.95. The number of hydrogen-bond donors (Lipinski definition) is 0. The number of nitrogens with zero attached hydrogens (tertiary/aromatic N) is 5. The molecule has 19 heavy (non-hydrogen) atoms. The van der Waals surface area contributed by atoms with Crippen molar-refractivity contribution >= 4 is 15.9 Å². The lowest BCUT2D eigenvalue weighted by Crippen LogP contribution is -2.02. The summed E-state index contributed by atoms with van der Waals surface area (Å²) in [5.74, 6) is 0. The van der Waals surface area contributed by atoms with Crippen molar-refractivity contribution in [1.82, 2.24) is 24.5 Å². The van der Waals surface area contributed by atoms with Gasteiger partial charge in [-0.15, -0.1) is 5.10 Å². The summed E-state index contributed by atoms with van der Waals surface area (Å²) in [4.78, 5) is 4.36. The molecule has 0 aliphatic carbocycles. The molecule has 1 aliphatic heterocycles. The average Bonchev–Trinajstić information content (AvgIpc) is 2.92. The summed E-state index contributed by atoms with van der Waals surface area (Å²) in [5.41, 5.74) is 5.28. The first-order valence-corrected chi connectivity index (χ1v) is 6.77. The van der Waals surface area contributed by atoms with Gasteiger partial charge in [-0.1, -0.05) is 17.3 Å². The number of para-hydroxylation sites is 2. The highest BCUT2D eigenvalue weighted by atomic mass is 79.9. The van der Waals surface area contributed by atoms with Gasteiger partial charge < -0.3 is 0 Å². The Balaban J connectivity index is 2.14. The topological polar surface area (TPSA) is 48.5 Å². The molecule has 3 heterocycles. The van der Waals surface area contributed by atoms with E-state index in [-0.39, 0.29) is 0 Å². The van der Waals surface area contributed by atoms with Crippen LogP contribution in [0.4, 0.5) is 0 Å². The molecule has 0 radical (unpaired) electrons. The van der Waals surface area contributed by atoms with Crippen LogP contribution in [0.2, 0.25) is 0 Å². The molecule has 0 N–H and O–H groups in total. The minimum absolute atomic E-state index is 0.758. The van der Waals surface area contributed by atoms with Gasteiger partial charge in [0.05, 0.1) is 28.5 Å². The molecule has 0 bridgehead atoms. The summed E-state index contributed by atoms with van der Waals surface area (Å²) < 4.78 is 4.90. The first-order valence-electron chi connectivity index (χ1n) is 5.98. The smallest absolute Gasteiger partial charge is 0.128 e. The van der Waals surface area contributed by atoms with Crippen molar-refractivity contribution in [1.29, 1.82) is 0 Å². The maximum absolute atomic E-state index is 4.36. The summed E-state index contributed by atoms with van der Waals surface area (Å²) in [6.07, 6.45) is 2.60. The van der Waals surface area contributed by atoms with Crippen LogP contribution in [0.5, 0.6) is 0 Å². The number of imidazole rings is 1. The quantitative estimate of drug-likeness (QED) is 0.501. The largest absolute Gasteiger partial charge is 0.299 e. The van der Waals surface area contributed by atoms with Crippen LogP contribution in [0.15, 0.2) is 35.2 Å². The zero-order valence-electron chi connectivity index (χ0n) is 10.2. The minimum Gasteiger partial charge on any atom is -0.299 e. The van der Waals surface area contributed by atoms with E-state index in [1.54, 1.807) is 0 Å². The van der Waals surface area contributed by atoms with Gasteiger partial charge in [0.15, 0.2) is 0 Å². The van der Waals surface area contributed by atoms with Crippen LogP contribution in [0, 0.1) is 6.92 Å². The monoisotopic (exact) mass is 315 g/mol. The third-order valence-corrected chi connectivity index (χ3v) is 4.14. The Labute approximate surface area is 118 Å². The fraction of sp³-hybridized carbons (Fsp3) is 0.154. The van der Waals surface area contributed by atoms with Crippen molar-refractivity contribution in [2.45, 2.75) is 13.3 Å². The van der Waals surface area contributed by atoms with Gasteiger partial charge >= 0.3 is 0 Å². The molecule has 2 aromatic heterocycles. The highest BCUT2D eigenvalue weighted by molar-refractivity contribution is 9.10. The van der Waals surface area contributed by atoms with Gasteiger partial charge in [-0.2, -0.15) is 0 Å². The van der Waals surface area contributed by atoms with E-state index in [0.717, 1.165) is 39.5 Å². The molecule has 0 saturated carbocycles. The maximum Gasteiger partial charge on any atom is 0.128 e. The lowest BCUT2D eigenvalue weighted by molar-refractivity contribution is 0.777. The van der Waals surface area contributed by atoms with Crippen molar-refractivity contribution in [3.63, 3.8) is 0 Å². The minimum atomic E-state index is 0.758. The van der Waals surface area contributed by atoms with Crippen molar-refractivity contribution in [3.8, 4) is 11.4 Å². The second-order valence-corrected chi connectivity index (χ2v) is 5.30. The Morgan fingerprint density at radius 3 is 2.79 bits per heavy atom. The first-order chi connectivity index (χ1) is 9.25. The number of halogens is 1. The fourth-order valence-electron chi connectivity index (χ4n) is 2.50. The van der Waals surface area contributed by atoms with Gasteiger partial charge in [-0.3, -0.25) is 4.57 Å². The summed E-state index contributed by atoms with van der Waals surface area (Å²) >= 11 is 3.52. The number of fused-ring (bicyclic) bond motifs is 5. The zero-order chi connectivity index (χ0) is 13.0. The van der Waals surface area contributed by atoms with Gasteiger partial charge in [-0.05, 0) is 35.0 Å². The van der Waals surface area contributed by atoms with Crippen molar-refractivity contribution in [2.24, 2.45) is 0 Å². The van der Waals surface area contributed by atoms with Crippen LogP contribution < -0.4 is 0 Å². The standard InChI is InChI=1S/C13H10BrN5/c1-8-11-6-12-13(14)15-7-18(12)9-4-2-3-5-10(9)19(11)17-16-8/h2-5,7H,6H2,1H3. The van der Waals surface area contributed by atoms with Crippen LogP contribution >= 0.6 is 15.9 Å². The van der Waals surface area contributed by atoms with Crippen molar-refractivity contribution < 1.29 is 0 Å². The van der Waals surface area contributed by atoms with Gasteiger partial charge in [0, 0.05) is 6.42 Å².